The van der Waals surface area contributed by atoms with Gasteiger partial charge in [0.1, 0.15) is 0 Å². The van der Waals surface area contributed by atoms with E-state index in [9.17, 15) is 19.8 Å². The summed E-state index contributed by atoms with van der Waals surface area (Å²) in [6, 6.07) is -0.542. The van der Waals surface area contributed by atoms with Crippen molar-refractivity contribution in [2.75, 3.05) is 13.2 Å². The monoisotopic (exact) mass is 1280 g/mol. The van der Waals surface area contributed by atoms with Gasteiger partial charge in [0.15, 0.2) is 0 Å². The molecule has 0 radical (unpaired) electrons. The van der Waals surface area contributed by atoms with Crippen LogP contribution in [0.5, 0.6) is 0 Å². The summed E-state index contributed by atoms with van der Waals surface area (Å²) >= 11 is 0. The minimum absolute atomic E-state index is 0.00704. The molecule has 0 bridgehead atoms. The van der Waals surface area contributed by atoms with E-state index in [0.29, 0.717) is 25.9 Å². The van der Waals surface area contributed by atoms with Gasteiger partial charge in [-0.3, -0.25) is 9.59 Å². The number of hydrogen-bond donors (Lipinski definition) is 3. The Bertz CT molecular complexity index is 1520. The Labute approximate surface area is 569 Å². The molecule has 3 N–H and O–H groups in total. The van der Waals surface area contributed by atoms with Gasteiger partial charge in [-0.2, -0.15) is 0 Å². The molecule has 0 spiro atoms. The predicted molar refractivity (Wildman–Crippen MR) is 402 cm³/mol. The summed E-state index contributed by atoms with van der Waals surface area (Å²) < 4.78 is 5.50. The van der Waals surface area contributed by atoms with Crippen molar-refractivity contribution in [3.63, 3.8) is 0 Å². The number of unbranched alkanes of at least 4 members (excludes halogenated alkanes) is 59. The number of carbonyl (C=O) groups is 2. The summed E-state index contributed by atoms with van der Waals surface area (Å²) in [5.74, 6) is -0.0208. The van der Waals surface area contributed by atoms with Gasteiger partial charge in [-0.15, -0.1) is 0 Å². The third-order valence-electron chi connectivity index (χ3n) is 19.4. The predicted octanol–water partition coefficient (Wildman–Crippen LogP) is 27.5. The first-order valence-corrected chi connectivity index (χ1v) is 41.4. The minimum Gasteiger partial charge on any atom is -0.466 e. The molecule has 0 aromatic heterocycles. The van der Waals surface area contributed by atoms with Crippen LogP contribution in [-0.4, -0.2) is 47.4 Å². The first kappa shape index (κ1) is 88.8. The van der Waals surface area contributed by atoms with Gasteiger partial charge in [-0.05, 0) is 89.9 Å². The van der Waals surface area contributed by atoms with Crippen molar-refractivity contribution in [3.8, 4) is 0 Å². The maximum Gasteiger partial charge on any atom is 0.305 e. The average Bonchev–Trinajstić information content (AvgIpc) is 3.73. The fourth-order valence-electron chi connectivity index (χ4n) is 13.1. The van der Waals surface area contributed by atoms with Crippen LogP contribution in [0.2, 0.25) is 0 Å². The number of aliphatic hydroxyl groups excluding tert-OH is 2. The molecule has 0 heterocycles. The molecule has 0 saturated heterocycles. The van der Waals surface area contributed by atoms with Gasteiger partial charge in [0.2, 0.25) is 5.91 Å². The Balaban J connectivity index is 3.38. The van der Waals surface area contributed by atoms with Crippen molar-refractivity contribution < 1.29 is 24.5 Å². The van der Waals surface area contributed by atoms with Crippen molar-refractivity contribution >= 4 is 11.9 Å². The van der Waals surface area contributed by atoms with Gasteiger partial charge in [0, 0.05) is 12.8 Å². The van der Waals surface area contributed by atoms with Crippen LogP contribution in [-0.2, 0) is 14.3 Å². The second kappa shape index (κ2) is 80.3. The molecule has 0 saturated carbocycles. The van der Waals surface area contributed by atoms with Crippen molar-refractivity contribution in [3.05, 3.63) is 48.6 Å². The average molecular weight is 1280 g/mol. The fraction of sp³-hybridized carbons (Fsp3) is 0.882. The number of ether oxygens (including phenoxy) is 1. The molecule has 1 amide bonds. The number of hydrogen-bond acceptors (Lipinski definition) is 5. The van der Waals surface area contributed by atoms with Crippen LogP contribution >= 0.6 is 0 Å². The quantitative estimate of drug-likeness (QED) is 0.0320. The Morgan fingerprint density at radius 2 is 0.549 bits per heavy atom. The molecule has 0 rings (SSSR count). The smallest absolute Gasteiger partial charge is 0.305 e. The number of nitrogens with one attached hydrogen (secondary N) is 1. The molecule has 0 aliphatic heterocycles. The van der Waals surface area contributed by atoms with Crippen LogP contribution in [0.15, 0.2) is 48.6 Å². The molecule has 2 unspecified atom stereocenters. The molecule has 6 nitrogen and oxygen atoms in total. The molecule has 2 atom stereocenters. The van der Waals surface area contributed by atoms with E-state index >= 15 is 0 Å². The number of esters is 1. The lowest BCUT2D eigenvalue weighted by molar-refractivity contribution is -0.143. The van der Waals surface area contributed by atoms with Crippen LogP contribution < -0.4 is 5.32 Å². The maximum atomic E-state index is 12.6. The van der Waals surface area contributed by atoms with E-state index in [0.717, 1.165) is 57.8 Å². The summed E-state index contributed by atoms with van der Waals surface area (Å²) in [7, 11) is 0. The van der Waals surface area contributed by atoms with Gasteiger partial charge < -0.3 is 20.3 Å². The zero-order chi connectivity index (χ0) is 65.6. The topological polar surface area (TPSA) is 95.9 Å². The summed E-state index contributed by atoms with van der Waals surface area (Å²) in [4.78, 5) is 24.7. The van der Waals surface area contributed by atoms with E-state index in [4.69, 9.17) is 4.74 Å². The molecule has 91 heavy (non-hydrogen) atoms. The summed E-state index contributed by atoms with van der Waals surface area (Å²) in [5, 5.41) is 23.5. The summed E-state index contributed by atoms with van der Waals surface area (Å²) in [6.45, 7) is 4.97. The van der Waals surface area contributed by atoms with Crippen LogP contribution in [0.4, 0.5) is 0 Å². The molecule has 0 aliphatic carbocycles. The minimum atomic E-state index is -0.665. The second-order valence-corrected chi connectivity index (χ2v) is 28.5. The van der Waals surface area contributed by atoms with Gasteiger partial charge in [-0.1, -0.05) is 403 Å². The largest absolute Gasteiger partial charge is 0.466 e. The maximum absolute atomic E-state index is 12.6. The zero-order valence-corrected chi connectivity index (χ0v) is 61.6. The number of rotatable bonds is 78. The highest BCUT2D eigenvalue weighted by Gasteiger charge is 2.20. The summed E-state index contributed by atoms with van der Waals surface area (Å²) in [5.41, 5.74) is 0. The van der Waals surface area contributed by atoms with Crippen molar-refractivity contribution in [2.45, 2.75) is 469 Å². The van der Waals surface area contributed by atoms with Gasteiger partial charge in [-0.25, -0.2) is 0 Å². The molecule has 0 aliphatic rings. The lowest BCUT2D eigenvalue weighted by Crippen LogP contribution is -2.45. The Hall–Kier alpha value is -2.18. The molecule has 0 aromatic rings. The molecular formula is C85H161NO5. The van der Waals surface area contributed by atoms with Crippen LogP contribution in [0.25, 0.3) is 0 Å². The Morgan fingerprint density at radius 3 is 0.857 bits per heavy atom. The second-order valence-electron chi connectivity index (χ2n) is 28.5. The van der Waals surface area contributed by atoms with Gasteiger partial charge in [0.25, 0.3) is 0 Å². The van der Waals surface area contributed by atoms with Crippen LogP contribution in [0.1, 0.15) is 457 Å². The van der Waals surface area contributed by atoms with E-state index in [2.05, 4.69) is 67.8 Å². The Morgan fingerprint density at radius 1 is 0.308 bits per heavy atom. The van der Waals surface area contributed by atoms with E-state index < -0.39 is 12.1 Å². The highest BCUT2D eigenvalue weighted by Crippen LogP contribution is 2.20. The third kappa shape index (κ3) is 76.7. The molecule has 6 heteroatoms. The fourth-order valence-corrected chi connectivity index (χ4v) is 13.1. The van der Waals surface area contributed by atoms with Crippen LogP contribution in [0.3, 0.4) is 0 Å². The normalized spacial score (nSPS) is 12.7. The van der Waals surface area contributed by atoms with E-state index in [1.165, 1.54) is 366 Å². The number of allylic oxidation sites excluding steroid dienone is 8. The lowest BCUT2D eigenvalue weighted by atomic mass is 10.0. The van der Waals surface area contributed by atoms with Gasteiger partial charge in [0.05, 0.1) is 25.4 Å². The van der Waals surface area contributed by atoms with Crippen molar-refractivity contribution in [1.82, 2.24) is 5.32 Å². The highest BCUT2D eigenvalue weighted by atomic mass is 16.5. The molecular weight excluding hydrogens is 1110 g/mol. The number of aliphatic hydroxyl groups is 2. The molecule has 536 valence electrons. The van der Waals surface area contributed by atoms with Crippen molar-refractivity contribution in [2.24, 2.45) is 0 Å². The zero-order valence-electron chi connectivity index (χ0n) is 61.6. The summed E-state index contributed by atoms with van der Waals surface area (Å²) in [6.07, 6.45) is 106. The van der Waals surface area contributed by atoms with Crippen LogP contribution in [0, 0.1) is 0 Å². The van der Waals surface area contributed by atoms with E-state index in [-0.39, 0.29) is 18.5 Å². The number of amides is 1. The number of carbonyl (C=O) groups excluding carboxylic acids is 2. The highest BCUT2D eigenvalue weighted by molar-refractivity contribution is 5.76. The Kier molecular flexibility index (Phi) is 78.3. The van der Waals surface area contributed by atoms with Crippen molar-refractivity contribution in [1.29, 1.82) is 0 Å². The SMILES string of the molecule is CCCCC/C=C\C/C=C\CCCCCCCCCC(=O)OCCCCCCCCCCC/C=C\C/C=C\CCCCCCCCCCCCCCCCCCCC(=O)NC(CO)C(O)CCCCCCCCCCCCCCCCCCCCCCCCCC. The standard InChI is InChI=1S/C85H161NO5/c1-3-5-7-9-11-13-15-17-19-21-22-23-24-36-39-42-46-49-53-57-61-65-69-73-77-83(88)82(81-87)86-84(89)78-74-70-66-62-58-54-50-47-43-40-37-34-32-30-28-26-25-27-29-31-33-35-38-41-44-48-52-56-60-64-68-72-76-80-91-85(90)79-75-71-67-63-59-55-51-45-20-18-16-14-12-10-8-6-4-2/h12,14,18,20,29,31,35,38,82-83,87-88H,3-11,13,15-17,19,21-28,30,32-34,36-37,39-81H2,1-2H3,(H,86,89)/b14-12-,20-18-,31-29-,38-35-. The molecule has 0 fully saturated rings. The van der Waals surface area contributed by atoms with E-state index in [1.807, 2.05) is 0 Å². The first-order valence-electron chi connectivity index (χ1n) is 41.4. The van der Waals surface area contributed by atoms with E-state index in [1.54, 1.807) is 0 Å². The molecule has 0 aromatic carbocycles. The third-order valence-corrected chi connectivity index (χ3v) is 19.4. The first-order chi connectivity index (χ1) is 45.0. The lowest BCUT2D eigenvalue weighted by Gasteiger charge is -2.22. The van der Waals surface area contributed by atoms with Gasteiger partial charge >= 0.3 is 5.97 Å².